The summed E-state index contributed by atoms with van der Waals surface area (Å²) in [6.07, 6.45) is 5.18. The van der Waals surface area contributed by atoms with Gasteiger partial charge in [0.2, 0.25) is 0 Å². The zero-order chi connectivity index (χ0) is 14.8. The third-order valence-corrected chi connectivity index (χ3v) is 4.94. The van der Waals surface area contributed by atoms with Crippen molar-refractivity contribution >= 4 is 5.97 Å². The molecule has 2 saturated carbocycles. The number of carbonyl (C=O) groups excluding carboxylic acids is 1. The Bertz CT molecular complexity index is 503. The molecule has 3 rings (SSSR count). The Hall–Kier alpha value is -1.71. The van der Waals surface area contributed by atoms with Crippen molar-refractivity contribution in [2.75, 3.05) is 20.8 Å². The summed E-state index contributed by atoms with van der Waals surface area (Å²) in [6, 6.07) is 5.29. The maximum absolute atomic E-state index is 12.4. The topological polar surface area (TPSA) is 44.8 Å². The molecule has 2 fully saturated rings. The largest absolute Gasteiger partial charge is 0.496 e. The number of fused-ring (bicyclic) bond motifs is 2. The Morgan fingerprint density at radius 3 is 2.38 bits per heavy atom. The zero-order valence-corrected chi connectivity index (χ0v) is 12.6. The number of esters is 1. The fourth-order valence-corrected chi connectivity index (χ4v) is 3.89. The maximum Gasteiger partial charge on any atom is 0.345 e. The number of ether oxygens (including phenoxy) is 3. The first-order valence-corrected chi connectivity index (χ1v) is 7.61. The van der Waals surface area contributed by atoms with Crippen LogP contribution in [0, 0.1) is 17.8 Å². The molecular formula is C17H22O4. The van der Waals surface area contributed by atoms with E-state index in [1.54, 1.807) is 32.4 Å². The second-order valence-corrected chi connectivity index (χ2v) is 6.07. The van der Waals surface area contributed by atoms with Crippen LogP contribution in [0.15, 0.2) is 18.2 Å². The van der Waals surface area contributed by atoms with Crippen molar-refractivity contribution in [2.24, 2.45) is 17.8 Å². The number of hydrogen-bond donors (Lipinski definition) is 0. The normalized spacial score (nSPS) is 26.7. The summed E-state index contributed by atoms with van der Waals surface area (Å²) in [7, 11) is 3.09. The van der Waals surface area contributed by atoms with Crippen molar-refractivity contribution in [2.45, 2.75) is 25.7 Å². The van der Waals surface area contributed by atoms with Gasteiger partial charge in [0.05, 0.1) is 20.8 Å². The molecule has 114 valence electrons. The van der Waals surface area contributed by atoms with Crippen LogP contribution in [-0.2, 0) is 4.74 Å². The van der Waals surface area contributed by atoms with Crippen molar-refractivity contribution in [3.05, 3.63) is 23.8 Å². The van der Waals surface area contributed by atoms with Gasteiger partial charge in [-0.3, -0.25) is 0 Å². The number of benzene rings is 1. The lowest BCUT2D eigenvalue weighted by atomic mass is 9.89. The summed E-state index contributed by atoms with van der Waals surface area (Å²) in [5.41, 5.74) is 0.380. The van der Waals surface area contributed by atoms with Crippen molar-refractivity contribution in [3.8, 4) is 11.5 Å². The Morgan fingerprint density at radius 2 is 1.86 bits per heavy atom. The van der Waals surface area contributed by atoms with Gasteiger partial charge in [-0.15, -0.1) is 0 Å². The molecule has 1 aromatic carbocycles. The van der Waals surface area contributed by atoms with E-state index in [-0.39, 0.29) is 5.97 Å². The predicted molar refractivity (Wildman–Crippen MR) is 78.8 cm³/mol. The van der Waals surface area contributed by atoms with E-state index in [9.17, 15) is 4.79 Å². The second-order valence-electron chi connectivity index (χ2n) is 6.07. The molecule has 4 heteroatoms. The van der Waals surface area contributed by atoms with E-state index >= 15 is 0 Å². The summed E-state index contributed by atoms with van der Waals surface area (Å²) < 4.78 is 16.0. The molecule has 0 spiro atoms. The number of rotatable bonds is 5. The van der Waals surface area contributed by atoms with Crippen molar-refractivity contribution in [3.63, 3.8) is 0 Å². The molecule has 2 bridgehead atoms. The molecule has 2 aliphatic carbocycles. The molecule has 0 aromatic heterocycles. The van der Waals surface area contributed by atoms with E-state index in [0.29, 0.717) is 29.6 Å². The average molecular weight is 290 g/mol. The molecule has 0 aliphatic heterocycles. The average Bonchev–Trinajstić information content (AvgIpc) is 3.14. The molecule has 0 amide bonds. The fraction of sp³-hybridized carbons (Fsp3) is 0.588. The van der Waals surface area contributed by atoms with E-state index in [1.165, 1.54) is 25.7 Å². The van der Waals surface area contributed by atoms with Gasteiger partial charge >= 0.3 is 5.97 Å². The number of carbonyl (C=O) groups is 1. The minimum Gasteiger partial charge on any atom is -0.496 e. The Labute approximate surface area is 125 Å². The van der Waals surface area contributed by atoms with Crippen LogP contribution >= 0.6 is 0 Å². The van der Waals surface area contributed by atoms with E-state index in [1.807, 2.05) is 0 Å². The highest BCUT2D eigenvalue weighted by Gasteiger charge is 2.40. The van der Waals surface area contributed by atoms with Crippen LogP contribution in [0.3, 0.4) is 0 Å². The minimum atomic E-state index is -0.355. The molecular weight excluding hydrogens is 268 g/mol. The molecule has 3 unspecified atom stereocenters. The first-order valence-electron chi connectivity index (χ1n) is 7.61. The Morgan fingerprint density at radius 1 is 1.14 bits per heavy atom. The zero-order valence-electron chi connectivity index (χ0n) is 12.6. The highest BCUT2D eigenvalue weighted by Crippen LogP contribution is 2.48. The first kappa shape index (κ1) is 14.2. The molecule has 4 nitrogen and oxygen atoms in total. The third-order valence-electron chi connectivity index (χ3n) is 4.94. The smallest absolute Gasteiger partial charge is 0.345 e. The van der Waals surface area contributed by atoms with Gasteiger partial charge < -0.3 is 14.2 Å². The Kier molecular flexibility index (Phi) is 4.04. The standard InChI is InChI=1S/C17H22O4/c1-19-14-4-3-5-15(20-2)16(14)17(18)21-10-13-9-11-6-7-12(13)8-11/h3-5,11-13H,6-10H2,1-2H3. The van der Waals surface area contributed by atoms with Gasteiger partial charge in [-0.2, -0.15) is 0 Å². The molecule has 0 N–H and O–H groups in total. The highest BCUT2D eigenvalue weighted by molar-refractivity contribution is 5.95. The van der Waals surface area contributed by atoms with Crippen LogP contribution in [0.5, 0.6) is 11.5 Å². The van der Waals surface area contributed by atoms with Crippen molar-refractivity contribution < 1.29 is 19.0 Å². The van der Waals surface area contributed by atoms with Gasteiger partial charge in [0.15, 0.2) is 0 Å². The van der Waals surface area contributed by atoms with E-state index < -0.39 is 0 Å². The maximum atomic E-state index is 12.4. The molecule has 2 aliphatic rings. The monoisotopic (exact) mass is 290 g/mol. The summed E-state index contributed by atoms with van der Waals surface area (Å²) in [5, 5.41) is 0. The lowest BCUT2D eigenvalue weighted by Crippen LogP contribution is -2.20. The van der Waals surface area contributed by atoms with E-state index in [2.05, 4.69) is 0 Å². The SMILES string of the molecule is COc1cccc(OC)c1C(=O)OCC1CC2CCC1C2. The number of hydrogen-bond acceptors (Lipinski definition) is 4. The van der Waals surface area contributed by atoms with Gasteiger partial charge in [-0.25, -0.2) is 4.79 Å². The lowest BCUT2D eigenvalue weighted by molar-refractivity contribution is 0.0387. The van der Waals surface area contributed by atoms with Gasteiger partial charge in [-0.1, -0.05) is 12.5 Å². The van der Waals surface area contributed by atoms with Gasteiger partial charge in [0.1, 0.15) is 17.1 Å². The van der Waals surface area contributed by atoms with Crippen LogP contribution < -0.4 is 9.47 Å². The highest BCUT2D eigenvalue weighted by atomic mass is 16.5. The van der Waals surface area contributed by atoms with Crippen LogP contribution in [0.1, 0.15) is 36.0 Å². The van der Waals surface area contributed by atoms with Gasteiger partial charge in [0.25, 0.3) is 0 Å². The van der Waals surface area contributed by atoms with Crippen LogP contribution in [0.4, 0.5) is 0 Å². The lowest BCUT2D eigenvalue weighted by Gasteiger charge is -2.21. The quantitative estimate of drug-likeness (QED) is 0.781. The fourth-order valence-electron chi connectivity index (χ4n) is 3.89. The molecule has 21 heavy (non-hydrogen) atoms. The molecule has 0 radical (unpaired) electrons. The summed E-state index contributed by atoms with van der Waals surface area (Å²) in [5.74, 6) is 2.78. The van der Waals surface area contributed by atoms with Crippen LogP contribution in [0.25, 0.3) is 0 Å². The van der Waals surface area contributed by atoms with Gasteiger partial charge in [0, 0.05) is 0 Å². The van der Waals surface area contributed by atoms with Crippen LogP contribution in [-0.4, -0.2) is 26.8 Å². The first-order chi connectivity index (χ1) is 10.2. The third kappa shape index (κ3) is 2.71. The molecule has 0 heterocycles. The summed E-state index contributed by atoms with van der Waals surface area (Å²) in [6.45, 7) is 0.515. The van der Waals surface area contributed by atoms with Gasteiger partial charge in [-0.05, 0) is 49.1 Å². The molecule has 0 saturated heterocycles. The minimum absolute atomic E-state index is 0.355. The second kappa shape index (κ2) is 5.96. The number of methoxy groups -OCH3 is 2. The Balaban J connectivity index is 1.68. The molecule has 1 aromatic rings. The van der Waals surface area contributed by atoms with Crippen molar-refractivity contribution in [1.82, 2.24) is 0 Å². The van der Waals surface area contributed by atoms with Crippen molar-refractivity contribution in [1.29, 1.82) is 0 Å². The predicted octanol–water partition coefficient (Wildman–Crippen LogP) is 3.30. The summed E-state index contributed by atoms with van der Waals surface area (Å²) in [4.78, 5) is 12.4. The molecule has 3 atom stereocenters. The van der Waals surface area contributed by atoms with E-state index in [0.717, 1.165) is 11.8 Å². The summed E-state index contributed by atoms with van der Waals surface area (Å²) >= 11 is 0. The van der Waals surface area contributed by atoms with E-state index in [4.69, 9.17) is 14.2 Å². The van der Waals surface area contributed by atoms with Crippen LogP contribution in [0.2, 0.25) is 0 Å².